The zero-order chi connectivity index (χ0) is 7.33. The molecule has 0 saturated heterocycles. The highest BCUT2D eigenvalue weighted by Gasteiger charge is 1.99. The highest BCUT2D eigenvalue weighted by molar-refractivity contribution is 7.88. The molecule has 0 aromatic carbocycles. The van der Waals surface area contributed by atoms with Crippen molar-refractivity contribution in [2.75, 3.05) is 0 Å². The maximum atomic E-state index is 9.99. The first kappa shape index (κ1) is 11.4. The first-order valence-corrected chi connectivity index (χ1v) is 2.90. The molecular weight excluding hydrogens is 160 g/mol. The highest BCUT2D eigenvalue weighted by Crippen LogP contribution is 1.92. The second-order valence-electron chi connectivity index (χ2n) is 0.790. The molecule has 8 nitrogen and oxygen atoms in total. The number of hydrogen-bond acceptors (Lipinski definition) is 2. The van der Waals surface area contributed by atoms with Gasteiger partial charge in [-0.2, -0.15) is 0 Å². The van der Waals surface area contributed by atoms with E-state index in [2.05, 4.69) is 9.04 Å². The Labute approximate surface area is 56.9 Å². The lowest BCUT2D eigenvalue weighted by atomic mass is 12.0. The van der Waals surface area contributed by atoms with E-state index in [1.165, 1.54) is 0 Å². The molecule has 0 spiro atoms. The summed E-state index contributed by atoms with van der Waals surface area (Å²) in [6.07, 6.45) is 0. The summed E-state index contributed by atoms with van der Waals surface area (Å²) in [7, 11) is -4.27. The highest BCUT2D eigenvalue weighted by atomic mass is 32.2. The van der Waals surface area contributed by atoms with Crippen LogP contribution in [-0.4, -0.2) is 8.42 Å². The second-order valence-corrected chi connectivity index (χ2v) is 2.01. The standard InChI is InChI=1S/CH.N6O2S/c;1-3-5-9(7,8)6-4-2/h1H;. The Bertz CT molecular complexity index is 253. The van der Waals surface area contributed by atoms with Crippen LogP contribution >= 0.6 is 0 Å². The van der Waals surface area contributed by atoms with Crippen molar-refractivity contribution in [2.45, 2.75) is 0 Å². The Hall–Kier alpha value is -1.43. The summed E-state index contributed by atoms with van der Waals surface area (Å²) >= 11 is 0. The van der Waals surface area contributed by atoms with Gasteiger partial charge in [-0.1, -0.05) is 0 Å². The average molecular weight is 161 g/mol. The van der Waals surface area contributed by atoms with Crippen molar-refractivity contribution >= 4 is 10.2 Å². The summed E-state index contributed by atoms with van der Waals surface area (Å²) < 4.78 is 24.3. The normalized spacial score (nSPS) is 8.00. The Kier molecular flexibility index (Phi) is 5.06. The van der Waals surface area contributed by atoms with E-state index in [-0.39, 0.29) is 7.43 Å². The summed E-state index contributed by atoms with van der Waals surface area (Å²) in [5.41, 5.74) is 15.0. The molecule has 0 aliphatic heterocycles. The van der Waals surface area contributed by atoms with Crippen molar-refractivity contribution in [3.8, 4) is 0 Å². The van der Waals surface area contributed by atoms with E-state index in [0.29, 0.717) is 0 Å². The fourth-order valence-electron chi connectivity index (χ4n) is 0.109. The summed E-state index contributed by atoms with van der Waals surface area (Å²) in [5, 5.41) is 0. The third-order valence-electron chi connectivity index (χ3n) is 0.279. The maximum absolute atomic E-state index is 9.99. The van der Waals surface area contributed by atoms with E-state index in [0.717, 1.165) is 0 Å². The molecule has 0 aliphatic rings. The summed E-state index contributed by atoms with van der Waals surface area (Å²) in [4.78, 5) is 3.80. The van der Waals surface area contributed by atoms with Gasteiger partial charge in [0.15, 0.2) is 0 Å². The van der Waals surface area contributed by atoms with Crippen LogP contribution in [0.3, 0.4) is 0 Å². The molecule has 0 saturated carbocycles. The molecule has 9 heteroatoms. The minimum absolute atomic E-state index is 0. The molecule has 0 aliphatic carbocycles. The molecule has 0 bridgehead atoms. The van der Waals surface area contributed by atoms with E-state index >= 15 is 0 Å². The van der Waals surface area contributed by atoms with Crippen LogP contribution in [0.4, 0.5) is 0 Å². The van der Waals surface area contributed by atoms with Crippen molar-refractivity contribution in [1.29, 1.82) is 0 Å². The number of azide groups is 1. The van der Waals surface area contributed by atoms with Crippen LogP contribution in [0.1, 0.15) is 0 Å². The quantitative estimate of drug-likeness (QED) is 0.340. The van der Waals surface area contributed by atoms with E-state index in [1.807, 2.05) is 9.82 Å². The van der Waals surface area contributed by atoms with Crippen molar-refractivity contribution in [3.63, 3.8) is 0 Å². The molecule has 10 heavy (non-hydrogen) atoms. The first-order valence-electron chi connectivity index (χ1n) is 1.50. The van der Waals surface area contributed by atoms with Crippen molar-refractivity contribution in [1.82, 2.24) is 0 Å². The van der Waals surface area contributed by atoms with Gasteiger partial charge in [0.2, 0.25) is 0 Å². The molecule has 0 fully saturated rings. The molecule has 53 valence electrons. The van der Waals surface area contributed by atoms with E-state index < -0.39 is 10.2 Å². The van der Waals surface area contributed by atoms with Crippen LogP contribution in [0.15, 0.2) is 9.04 Å². The fourth-order valence-corrected chi connectivity index (χ4v) is 0.326. The monoisotopic (exact) mass is 161 g/mol. The maximum Gasteiger partial charge on any atom is 0.321 e. The molecule has 0 unspecified atom stereocenters. The van der Waals surface area contributed by atoms with E-state index in [4.69, 9.17) is 11.1 Å². The number of nitrogens with zero attached hydrogens (tertiary/aromatic N) is 6. The van der Waals surface area contributed by atoms with Crippen molar-refractivity contribution in [2.24, 2.45) is 9.04 Å². The fraction of sp³-hybridized carbons (Fsp3) is 0. The van der Waals surface area contributed by atoms with Crippen LogP contribution in [0, 0.1) is 7.43 Å². The van der Waals surface area contributed by atoms with Crippen LogP contribution in [-0.2, 0) is 10.2 Å². The molecule has 0 rings (SSSR count). The predicted molar refractivity (Wildman–Crippen MR) is 31.5 cm³/mol. The number of hydrogen-bond donors (Lipinski definition) is 0. The molecule has 0 heterocycles. The molecule has 0 atom stereocenters. The van der Waals surface area contributed by atoms with Gasteiger partial charge < -0.3 is 0 Å². The van der Waals surface area contributed by atoms with Gasteiger partial charge in [0.1, 0.15) is 0 Å². The van der Waals surface area contributed by atoms with Crippen LogP contribution < -0.4 is 0 Å². The van der Waals surface area contributed by atoms with E-state index in [9.17, 15) is 8.42 Å². The van der Waals surface area contributed by atoms with E-state index in [1.54, 1.807) is 0 Å². The van der Waals surface area contributed by atoms with Crippen molar-refractivity contribution < 1.29 is 8.42 Å². The predicted octanol–water partition coefficient (Wildman–Crippen LogP) is 1.06. The van der Waals surface area contributed by atoms with Crippen LogP contribution in [0.5, 0.6) is 0 Å². The Morgan fingerprint density at radius 2 is 1.40 bits per heavy atom. The second kappa shape index (κ2) is 4.45. The zero-order valence-corrected chi connectivity index (χ0v) is 5.30. The van der Waals surface area contributed by atoms with Gasteiger partial charge in [0.05, 0.1) is 0 Å². The van der Waals surface area contributed by atoms with Gasteiger partial charge in [-0.25, -0.2) is 8.42 Å². The van der Waals surface area contributed by atoms with Gasteiger partial charge in [-0.3, -0.25) is 0 Å². The third-order valence-corrected chi connectivity index (χ3v) is 0.838. The molecule has 0 aromatic heterocycles. The molecule has 3 radical (unpaired) electrons. The molecule has 0 amide bonds. The smallest absolute Gasteiger partial charge is 0.213 e. The summed E-state index contributed by atoms with van der Waals surface area (Å²) in [6.45, 7) is 0. The van der Waals surface area contributed by atoms with Crippen LogP contribution in [0.25, 0.3) is 20.9 Å². The third kappa shape index (κ3) is 4.72. The van der Waals surface area contributed by atoms with Crippen LogP contribution in [0.2, 0.25) is 0 Å². The minimum Gasteiger partial charge on any atom is -0.213 e. The summed E-state index contributed by atoms with van der Waals surface area (Å²) in [5.74, 6) is 0. The lowest BCUT2D eigenvalue weighted by Gasteiger charge is -1.73. The van der Waals surface area contributed by atoms with Gasteiger partial charge in [0, 0.05) is 18.9 Å². The number of rotatable bonds is 2. The van der Waals surface area contributed by atoms with Crippen molar-refractivity contribution in [3.05, 3.63) is 28.3 Å². The topological polar surface area (TPSA) is 132 Å². The zero-order valence-electron chi connectivity index (χ0n) is 4.49. The molecule has 0 aromatic rings. The SMILES string of the molecule is [CH].[N-]=[N+]=NS(=O)(=O)N=[N+]=[N-]. The average Bonchev–Trinajstić information content (AvgIpc) is 1.64. The Morgan fingerprint density at radius 3 is 1.60 bits per heavy atom. The minimum atomic E-state index is -4.27. The molecular formula is CHN6O2S. The Morgan fingerprint density at radius 1 is 1.10 bits per heavy atom. The molecule has 0 N–H and O–H groups in total. The van der Waals surface area contributed by atoms with Gasteiger partial charge in [-0.05, 0) is 18.5 Å². The van der Waals surface area contributed by atoms with Gasteiger partial charge in [-0.15, -0.1) is 0 Å². The van der Waals surface area contributed by atoms with Gasteiger partial charge in [0.25, 0.3) is 0 Å². The van der Waals surface area contributed by atoms with Gasteiger partial charge >= 0.3 is 10.2 Å². The largest absolute Gasteiger partial charge is 0.321 e. The first-order chi connectivity index (χ1) is 4.12. The summed E-state index contributed by atoms with van der Waals surface area (Å²) in [6, 6.07) is 0. The Balaban J connectivity index is 0. The lowest BCUT2D eigenvalue weighted by Crippen LogP contribution is -1.82. The lowest BCUT2D eigenvalue weighted by molar-refractivity contribution is 0.599.